The van der Waals surface area contributed by atoms with Crippen LogP contribution in [0, 0.1) is 17.3 Å². The van der Waals surface area contributed by atoms with Crippen LogP contribution in [0.4, 0.5) is 4.39 Å². The minimum Gasteiger partial charge on any atom is -0.497 e. The predicted molar refractivity (Wildman–Crippen MR) is 87.5 cm³/mol. The molecule has 1 aromatic rings. The molecule has 0 amide bonds. The van der Waals surface area contributed by atoms with Crippen LogP contribution in [0.1, 0.15) is 56.1 Å². The van der Waals surface area contributed by atoms with Crippen molar-refractivity contribution < 1.29 is 13.9 Å². The third kappa shape index (κ3) is 2.01. The van der Waals surface area contributed by atoms with Gasteiger partial charge < -0.3 is 4.74 Å². The largest absolute Gasteiger partial charge is 0.497 e. The molecule has 0 radical (unpaired) electrons. The van der Waals surface area contributed by atoms with E-state index >= 15 is 0 Å². The fourth-order valence-corrected chi connectivity index (χ4v) is 5.85. The predicted octanol–water partition coefficient (Wildman–Crippen LogP) is 4.46. The maximum atomic E-state index is 14.3. The molecule has 3 aliphatic carbocycles. The Morgan fingerprint density at radius 2 is 2.17 bits per heavy atom. The van der Waals surface area contributed by atoms with Crippen molar-refractivity contribution in [1.82, 2.24) is 0 Å². The highest BCUT2D eigenvalue weighted by molar-refractivity contribution is 5.91. The smallest absolute Gasteiger partial charge is 0.173 e. The second kappa shape index (κ2) is 5.32. The molecule has 23 heavy (non-hydrogen) atoms. The maximum Gasteiger partial charge on any atom is 0.173 e. The Balaban J connectivity index is 1.73. The lowest BCUT2D eigenvalue weighted by molar-refractivity contribution is -0.134. The first kappa shape index (κ1) is 15.2. The number of hydrogen-bond donors (Lipinski definition) is 0. The molecule has 5 atom stereocenters. The van der Waals surface area contributed by atoms with Crippen LogP contribution in [0.2, 0.25) is 0 Å². The van der Waals surface area contributed by atoms with E-state index in [0.717, 1.165) is 37.9 Å². The average molecular weight is 316 g/mol. The summed E-state index contributed by atoms with van der Waals surface area (Å²) in [6.45, 7) is 2.07. The van der Waals surface area contributed by atoms with Crippen molar-refractivity contribution in [3.63, 3.8) is 0 Å². The fourth-order valence-electron chi connectivity index (χ4n) is 5.85. The lowest BCUT2D eigenvalue weighted by Crippen LogP contribution is -2.44. The Hall–Kier alpha value is -1.38. The Labute approximate surface area is 137 Å². The van der Waals surface area contributed by atoms with Gasteiger partial charge in [-0.15, -0.1) is 0 Å². The number of ketones is 1. The molecule has 124 valence electrons. The lowest BCUT2D eigenvalue weighted by Gasteiger charge is -2.49. The average Bonchev–Trinajstić information content (AvgIpc) is 2.86. The van der Waals surface area contributed by atoms with E-state index in [1.807, 2.05) is 6.07 Å². The summed E-state index contributed by atoms with van der Waals surface area (Å²) in [6.07, 6.45) is 4.01. The second-order valence-electron chi connectivity index (χ2n) is 7.60. The van der Waals surface area contributed by atoms with Crippen molar-refractivity contribution in [3.05, 3.63) is 29.3 Å². The molecular weight excluding hydrogens is 291 g/mol. The van der Waals surface area contributed by atoms with Crippen LogP contribution in [0.3, 0.4) is 0 Å². The molecule has 0 bridgehead atoms. The molecule has 0 spiro atoms. The number of fused-ring (bicyclic) bond motifs is 5. The van der Waals surface area contributed by atoms with Gasteiger partial charge >= 0.3 is 0 Å². The zero-order chi connectivity index (χ0) is 16.2. The summed E-state index contributed by atoms with van der Waals surface area (Å²) in [6, 6.07) is 6.40. The van der Waals surface area contributed by atoms with Crippen LogP contribution in [0.5, 0.6) is 5.75 Å². The summed E-state index contributed by atoms with van der Waals surface area (Å²) >= 11 is 0. The van der Waals surface area contributed by atoms with Crippen LogP contribution in [-0.2, 0) is 11.2 Å². The molecule has 3 heteroatoms. The van der Waals surface area contributed by atoms with Gasteiger partial charge in [0.1, 0.15) is 5.75 Å². The fraction of sp³-hybridized carbons (Fsp3) is 0.650. The van der Waals surface area contributed by atoms with Gasteiger partial charge in [-0.1, -0.05) is 13.0 Å². The number of carbonyl (C=O) groups excluding carboxylic acids is 1. The maximum absolute atomic E-state index is 14.3. The number of carbonyl (C=O) groups is 1. The highest BCUT2D eigenvalue weighted by Gasteiger charge is 2.59. The molecule has 0 unspecified atom stereocenters. The van der Waals surface area contributed by atoms with Crippen molar-refractivity contribution in [2.24, 2.45) is 17.3 Å². The van der Waals surface area contributed by atoms with Crippen LogP contribution in [-0.4, -0.2) is 19.1 Å². The third-order valence-electron chi connectivity index (χ3n) is 7.01. The molecule has 0 aliphatic heterocycles. The number of halogens is 1. The van der Waals surface area contributed by atoms with Crippen molar-refractivity contribution in [2.75, 3.05) is 7.11 Å². The minimum absolute atomic E-state index is 0.0973. The molecule has 0 saturated heterocycles. The van der Waals surface area contributed by atoms with Crippen molar-refractivity contribution in [1.29, 1.82) is 0 Å². The zero-order valence-corrected chi connectivity index (χ0v) is 14.0. The first-order valence-electron chi connectivity index (χ1n) is 8.96. The summed E-state index contributed by atoms with van der Waals surface area (Å²) in [5.74, 6) is 1.96. The molecule has 0 N–H and O–H groups in total. The molecular formula is C20H25FO2. The Morgan fingerprint density at radius 3 is 2.91 bits per heavy atom. The molecule has 3 aliphatic rings. The van der Waals surface area contributed by atoms with Crippen LogP contribution in [0.15, 0.2) is 18.2 Å². The van der Waals surface area contributed by atoms with E-state index in [2.05, 4.69) is 19.1 Å². The van der Waals surface area contributed by atoms with E-state index < -0.39 is 6.17 Å². The minimum atomic E-state index is -1.23. The first-order valence-corrected chi connectivity index (χ1v) is 8.96. The SMILES string of the molecule is CC[C@]12CC[C@@H]3c4cc(OC)ccc4CC[C@H]3[C@@H]1C[C@@H](F)C2=O. The molecule has 1 aromatic carbocycles. The topological polar surface area (TPSA) is 26.3 Å². The molecule has 2 nitrogen and oxygen atoms in total. The number of hydrogen-bond acceptors (Lipinski definition) is 2. The van der Waals surface area contributed by atoms with Gasteiger partial charge in [0, 0.05) is 5.41 Å². The number of methoxy groups -OCH3 is 1. The van der Waals surface area contributed by atoms with Gasteiger partial charge in [0.15, 0.2) is 12.0 Å². The zero-order valence-electron chi connectivity index (χ0n) is 14.0. The Bertz CT molecular complexity index is 641. The number of ether oxygens (including phenoxy) is 1. The van der Waals surface area contributed by atoms with Crippen molar-refractivity contribution >= 4 is 5.78 Å². The van der Waals surface area contributed by atoms with Gasteiger partial charge in [0.25, 0.3) is 0 Å². The van der Waals surface area contributed by atoms with Crippen LogP contribution < -0.4 is 4.74 Å². The molecule has 4 rings (SSSR count). The standard InChI is InChI=1S/C20H25FO2/c1-3-20-9-8-14-15(17(20)11-18(21)19(20)22)7-5-12-4-6-13(23-2)10-16(12)14/h4,6,10,14-15,17-18H,3,5,7-9,11H2,1-2H3/t14-,15+,17-,18+,20-/m0/s1. The van der Waals surface area contributed by atoms with Gasteiger partial charge in [0.2, 0.25) is 0 Å². The highest BCUT2D eigenvalue weighted by Crippen LogP contribution is 2.61. The van der Waals surface area contributed by atoms with E-state index in [1.165, 1.54) is 11.1 Å². The van der Waals surface area contributed by atoms with E-state index in [-0.39, 0.29) is 17.1 Å². The van der Waals surface area contributed by atoms with E-state index in [0.29, 0.717) is 18.3 Å². The second-order valence-corrected chi connectivity index (χ2v) is 7.60. The van der Waals surface area contributed by atoms with Gasteiger partial charge in [-0.3, -0.25) is 4.79 Å². The van der Waals surface area contributed by atoms with Gasteiger partial charge in [-0.2, -0.15) is 0 Å². The quantitative estimate of drug-likeness (QED) is 0.805. The van der Waals surface area contributed by atoms with Crippen LogP contribution >= 0.6 is 0 Å². The van der Waals surface area contributed by atoms with Gasteiger partial charge in [-0.05, 0) is 79.5 Å². The number of alkyl halides is 1. The summed E-state index contributed by atoms with van der Waals surface area (Å²) < 4.78 is 19.7. The summed E-state index contributed by atoms with van der Waals surface area (Å²) in [4.78, 5) is 12.5. The van der Waals surface area contributed by atoms with Crippen molar-refractivity contribution in [3.8, 4) is 5.75 Å². The Morgan fingerprint density at radius 1 is 1.35 bits per heavy atom. The summed E-state index contributed by atoms with van der Waals surface area (Å²) in [5.41, 5.74) is 2.42. The van der Waals surface area contributed by atoms with Crippen LogP contribution in [0.25, 0.3) is 0 Å². The Kier molecular flexibility index (Phi) is 3.51. The van der Waals surface area contributed by atoms with E-state index in [9.17, 15) is 9.18 Å². The van der Waals surface area contributed by atoms with Gasteiger partial charge in [-0.25, -0.2) is 4.39 Å². The van der Waals surface area contributed by atoms with Gasteiger partial charge in [0.05, 0.1) is 7.11 Å². The summed E-state index contributed by atoms with van der Waals surface area (Å²) in [5, 5.41) is 0. The van der Waals surface area contributed by atoms with E-state index in [4.69, 9.17) is 4.74 Å². The summed E-state index contributed by atoms with van der Waals surface area (Å²) in [7, 11) is 1.70. The highest BCUT2D eigenvalue weighted by atomic mass is 19.1. The number of aryl methyl sites for hydroxylation is 1. The molecule has 0 heterocycles. The normalized spacial score (nSPS) is 38.7. The molecule has 2 fully saturated rings. The van der Waals surface area contributed by atoms with Crippen molar-refractivity contribution in [2.45, 2.75) is 57.5 Å². The third-order valence-corrected chi connectivity index (χ3v) is 7.01. The number of rotatable bonds is 2. The molecule has 0 aromatic heterocycles. The lowest BCUT2D eigenvalue weighted by atomic mass is 9.54. The number of benzene rings is 1. The molecule has 2 saturated carbocycles. The van der Waals surface area contributed by atoms with E-state index in [1.54, 1.807) is 7.11 Å². The monoisotopic (exact) mass is 316 g/mol. The number of Topliss-reactive ketones (excluding diaryl/α,β-unsaturated/α-hetero) is 1. The first-order chi connectivity index (χ1) is 11.1.